The van der Waals surface area contributed by atoms with Crippen molar-refractivity contribution in [2.24, 2.45) is 0 Å². The standard InChI is InChI=1S/C20H17ClN4O3/c1-11-3-4-13(21)8-15(11)24-19(26)16-7-12(2)22-20(25-16)23-14-5-6-17-18(9-14)28-10-27-17/h3-9H,10H2,1-2H3,(H,24,26)(H,22,23,25). The number of halogens is 1. The number of hydrogen-bond donors (Lipinski definition) is 2. The minimum atomic E-state index is -0.343. The molecule has 1 aliphatic rings. The zero-order valence-corrected chi connectivity index (χ0v) is 16.0. The molecule has 0 fully saturated rings. The van der Waals surface area contributed by atoms with Crippen LogP contribution in [0.2, 0.25) is 5.02 Å². The third-order valence-electron chi connectivity index (χ3n) is 4.16. The van der Waals surface area contributed by atoms with Crippen molar-refractivity contribution in [3.05, 3.63) is 64.4 Å². The Morgan fingerprint density at radius 1 is 1.04 bits per heavy atom. The Labute approximate surface area is 166 Å². The zero-order valence-electron chi connectivity index (χ0n) is 15.2. The minimum absolute atomic E-state index is 0.201. The number of aryl methyl sites for hydroxylation is 2. The van der Waals surface area contributed by atoms with Crippen molar-refractivity contribution >= 4 is 34.8 Å². The molecule has 3 aromatic rings. The number of nitrogens with zero attached hydrogens (tertiary/aromatic N) is 2. The van der Waals surface area contributed by atoms with Gasteiger partial charge in [-0.05, 0) is 49.7 Å². The number of anilines is 3. The maximum absolute atomic E-state index is 12.7. The number of aromatic nitrogens is 2. The van der Waals surface area contributed by atoms with Gasteiger partial charge in [-0.3, -0.25) is 4.79 Å². The number of carbonyl (C=O) groups excluding carboxylic acids is 1. The highest BCUT2D eigenvalue weighted by Gasteiger charge is 2.15. The molecule has 1 aliphatic heterocycles. The summed E-state index contributed by atoms with van der Waals surface area (Å²) in [5.74, 6) is 1.30. The fraction of sp³-hybridized carbons (Fsp3) is 0.150. The zero-order chi connectivity index (χ0) is 19.7. The average Bonchev–Trinajstić information content (AvgIpc) is 3.12. The Balaban J connectivity index is 1.56. The van der Waals surface area contributed by atoms with E-state index in [0.29, 0.717) is 33.9 Å². The van der Waals surface area contributed by atoms with E-state index < -0.39 is 0 Å². The number of rotatable bonds is 4. The number of fused-ring (bicyclic) bond motifs is 1. The molecule has 4 rings (SSSR count). The fourth-order valence-electron chi connectivity index (χ4n) is 2.76. The van der Waals surface area contributed by atoms with Crippen LogP contribution in [0, 0.1) is 13.8 Å². The van der Waals surface area contributed by atoms with Gasteiger partial charge in [-0.1, -0.05) is 17.7 Å². The summed E-state index contributed by atoms with van der Waals surface area (Å²) in [4.78, 5) is 21.4. The highest BCUT2D eigenvalue weighted by Crippen LogP contribution is 2.34. The van der Waals surface area contributed by atoms with Crippen LogP contribution in [0.5, 0.6) is 11.5 Å². The van der Waals surface area contributed by atoms with Crippen LogP contribution in [0.1, 0.15) is 21.7 Å². The molecule has 7 nitrogen and oxygen atoms in total. The lowest BCUT2D eigenvalue weighted by Crippen LogP contribution is -2.16. The van der Waals surface area contributed by atoms with Gasteiger partial charge in [0.05, 0.1) is 0 Å². The van der Waals surface area contributed by atoms with E-state index in [0.717, 1.165) is 11.3 Å². The fourth-order valence-corrected chi connectivity index (χ4v) is 2.93. The third-order valence-corrected chi connectivity index (χ3v) is 4.40. The molecule has 1 amide bonds. The Hall–Kier alpha value is -3.32. The van der Waals surface area contributed by atoms with Crippen molar-refractivity contribution in [3.63, 3.8) is 0 Å². The van der Waals surface area contributed by atoms with Crippen molar-refractivity contribution in [2.45, 2.75) is 13.8 Å². The summed E-state index contributed by atoms with van der Waals surface area (Å²) in [5.41, 5.74) is 3.18. The van der Waals surface area contributed by atoms with Crippen molar-refractivity contribution in [1.82, 2.24) is 9.97 Å². The molecule has 0 radical (unpaired) electrons. The molecule has 2 aromatic carbocycles. The van der Waals surface area contributed by atoms with E-state index in [1.54, 1.807) is 37.3 Å². The summed E-state index contributed by atoms with van der Waals surface area (Å²) < 4.78 is 10.7. The number of ether oxygens (including phenoxy) is 2. The maximum atomic E-state index is 12.7. The van der Waals surface area contributed by atoms with Crippen molar-refractivity contribution in [2.75, 3.05) is 17.4 Å². The molecular weight excluding hydrogens is 380 g/mol. The lowest BCUT2D eigenvalue weighted by Gasteiger charge is -2.11. The topological polar surface area (TPSA) is 85.4 Å². The second-order valence-corrected chi connectivity index (χ2v) is 6.76. The van der Waals surface area contributed by atoms with Crippen molar-refractivity contribution < 1.29 is 14.3 Å². The van der Waals surface area contributed by atoms with Crippen LogP contribution >= 0.6 is 11.6 Å². The third kappa shape index (κ3) is 3.84. The summed E-state index contributed by atoms with van der Waals surface area (Å²) in [5, 5.41) is 6.48. The summed E-state index contributed by atoms with van der Waals surface area (Å²) in [6, 6.07) is 12.4. The highest BCUT2D eigenvalue weighted by molar-refractivity contribution is 6.31. The van der Waals surface area contributed by atoms with Gasteiger partial charge in [-0.2, -0.15) is 0 Å². The van der Waals surface area contributed by atoms with Gasteiger partial charge in [-0.25, -0.2) is 9.97 Å². The van der Waals surface area contributed by atoms with Crippen LogP contribution in [0.25, 0.3) is 0 Å². The van der Waals surface area contributed by atoms with Crippen LogP contribution in [-0.2, 0) is 0 Å². The Bertz CT molecular complexity index is 1070. The first-order chi connectivity index (χ1) is 13.5. The van der Waals surface area contributed by atoms with E-state index in [1.165, 1.54) is 0 Å². The van der Waals surface area contributed by atoms with Gasteiger partial charge in [0.15, 0.2) is 11.5 Å². The molecule has 0 unspecified atom stereocenters. The Kier molecular flexibility index (Phi) is 4.75. The predicted molar refractivity (Wildman–Crippen MR) is 107 cm³/mol. The van der Waals surface area contributed by atoms with Crippen molar-refractivity contribution in [1.29, 1.82) is 0 Å². The van der Waals surface area contributed by atoms with E-state index in [4.69, 9.17) is 21.1 Å². The normalized spacial score (nSPS) is 12.0. The summed E-state index contributed by atoms with van der Waals surface area (Å²) in [6.07, 6.45) is 0. The SMILES string of the molecule is Cc1cc(C(=O)Nc2cc(Cl)ccc2C)nc(Nc2ccc3c(c2)OCO3)n1. The van der Waals surface area contributed by atoms with E-state index >= 15 is 0 Å². The number of hydrogen-bond acceptors (Lipinski definition) is 6. The monoisotopic (exact) mass is 396 g/mol. The first kappa shape index (κ1) is 18.1. The quantitative estimate of drug-likeness (QED) is 0.676. The summed E-state index contributed by atoms with van der Waals surface area (Å²) in [7, 11) is 0. The molecule has 2 heterocycles. The average molecular weight is 397 g/mol. The van der Waals surface area contributed by atoms with Crippen LogP contribution in [0.3, 0.4) is 0 Å². The summed E-state index contributed by atoms with van der Waals surface area (Å²) >= 11 is 6.02. The van der Waals surface area contributed by atoms with Gasteiger partial charge < -0.3 is 20.1 Å². The van der Waals surface area contributed by atoms with Gasteiger partial charge in [0.1, 0.15) is 5.69 Å². The van der Waals surface area contributed by atoms with Gasteiger partial charge in [0, 0.05) is 28.2 Å². The molecule has 142 valence electrons. The molecule has 2 N–H and O–H groups in total. The second-order valence-electron chi connectivity index (χ2n) is 6.32. The molecule has 0 aliphatic carbocycles. The second kappa shape index (κ2) is 7.36. The number of carbonyl (C=O) groups is 1. The molecule has 8 heteroatoms. The molecule has 1 aromatic heterocycles. The van der Waals surface area contributed by atoms with Gasteiger partial charge in [-0.15, -0.1) is 0 Å². The largest absolute Gasteiger partial charge is 0.454 e. The Morgan fingerprint density at radius 3 is 2.71 bits per heavy atom. The molecule has 0 bridgehead atoms. The highest BCUT2D eigenvalue weighted by atomic mass is 35.5. The molecule has 0 atom stereocenters. The van der Waals surface area contributed by atoms with E-state index in [1.807, 2.05) is 19.1 Å². The molecule has 0 saturated carbocycles. The Morgan fingerprint density at radius 2 is 1.86 bits per heavy atom. The van der Waals surface area contributed by atoms with Gasteiger partial charge in [0.2, 0.25) is 12.7 Å². The van der Waals surface area contributed by atoms with E-state index in [9.17, 15) is 4.79 Å². The number of amides is 1. The van der Waals surface area contributed by atoms with Crippen LogP contribution < -0.4 is 20.1 Å². The smallest absolute Gasteiger partial charge is 0.274 e. The molecule has 0 saturated heterocycles. The van der Waals surface area contributed by atoms with Crippen molar-refractivity contribution in [3.8, 4) is 11.5 Å². The minimum Gasteiger partial charge on any atom is -0.454 e. The maximum Gasteiger partial charge on any atom is 0.274 e. The molecule has 0 spiro atoms. The number of benzene rings is 2. The summed E-state index contributed by atoms with van der Waals surface area (Å²) in [6.45, 7) is 3.89. The lowest BCUT2D eigenvalue weighted by molar-refractivity contribution is 0.102. The van der Waals surface area contributed by atoms with Gasteiger partial charge in [0.25, 0.3) is 5.91 Å². The van der Waals surface area contributed by atoms with Crippen LogP contribution in [-0.4, -0.2) is 22.7 Å². The van der Waals surface area contributed by atoms with E-state index in [2.05, 4.69) is 20.6 Å². The molecular formula is C20H17ClN4O3. The lowest BCUT2D eigenvalue weighted by atomic mass is 10.2. The first-order valence-electron chi connectivity index (χ1n) is 8.58. The van der Waals surface area contributed by atoms with E-state index in [-0.39, 0.29) is 18.4 Å². The van der Waals surface area contributed by atoms with Crippen LogP contribution in [0.15, 0.2) is 42.5 Å². The number of nitrogens with one attached hydrogen (secondary N) is 2. The van der Waals surface area contributed by atoms with Crippen LogP contribution in [0.4, 0.5) is 17.3 Å². The predicted octanol–water partition coefficient (Wildman–Crippen LogP) is 4.47. The van der Waals surface area contributed by atoms with Gasteiger partial charge >= 0.3 is 0 Å². The first-order valence-corrected chi connectivity index (χ1v) is 8.95. The molecule has 28 heavy (non-hydrogen) atoms.